The van der Waals surface area contributed by atoms with E-state index in [0.29, 0.717) is 6.42 Å². The van der Waals surface area contributed by atoms with Crippen LogP contribution in [0.1, 0.15) is 103 Å². The molecule has 0 heterocycles. The number of rotatable bonds is 18. The summed E-state index contributed by atoms with van der Waals surface area (Å²) in [5.41, 5.74) is 0. The molecule has 24 heavy (non-hydrogen) atoms. The average Bonchev–Trinajstić information content (AvgIpc) is 2.52. The number of unbranched alkanes of at least 4 members (excludes halogenated alkanes) is 10. The molecule has 0 radical (unpaired) electrons. The van der Waals surface area contributed by atoms with E-state index in [2.05, 4.69) is 6.92 Å². The van der Waals surface area contributed by atoms with Gasteiger partial charge in [-0.05, 0) is 19.3 Å². The van der Waals surface area contributed by atoms with Gasteiger partial charge in [0, 0.05) is 6.42 Å². The molecule has 0 fully saturated rings. The molecule has 0 aliphatic heterocycles. The summed E-state index contributed by atoms with van der Waals surface area (Å²) in [4.78, 5) is 25.8. The first kappa shape index (κ1) is 22.7. The lowest BCUT2D eigenvalue weighted by molar-refractivity contribution is -0.769. The Morgan fingerprint density at radius 3 is 1.83 bits per heavy atom. The van der Waals surface area contributed by atoms with Gasteiger partial charge in [0.05, 0.1) is 0 Å². The molecular formula is C18H35NO5. The van der Waals surface area contributed by atoms with Crippen molar-refractivity contribution in [3.63, 3.8) is 0 Å². The lowest BCUT2D eigenvalue weighted by Crippen LogP contribution is -2.17. The summed E-state index contributed by atoms with van der Waals surface area (Å²) in [7, 11) is 0. The van der Waals surface area contributed by atoms with Crippen molar-refractivity contribution in [3.8, 4) is 0 Å². The zero-order valence-electron chi connectivity index (χ0n) is 15.2. The Hall–Kier alpha value is -1.33. The Bertz CT molecular complexity index is 323. The highest BCUT2D eigenvalue weighted by atomic mass is 17.0. The van der Waals surface area contributed by atoms with Crippen LogP contribution in [-0.4, -0.2) is 22.3 Å². The first-order valence-corrected chi connectivity index (χ1v) is 9.59. The second kappa shape index (κ2) is 16.5. The van der Waals surface area contributed by atoms with Gasteiger partial charge in [0.1, 0.15) is 6.10 Å². The van der Waals surface area contributed by atoms with Gasteiger partial charge < -0.3 is 9.94 Å². The third kappa shape index (κ3) is 17.0. The molecule has 1 atom stereocenters. The Morgan fingerprint density at radius 1 is 0.917 bits per heavy atom. The molecule has 0 aliphatic carbocycles. The lowest BCUT2D eigenvalue weighted by atomic mass is 10.0. The van der Waals surface area contributed by atoms with Crippen LogP contribution in [0.3, 0.4) is 0 Å². The molecular weight excluding hydrogens is 310 g/mol. The lowest BCUT2D eigenvalue weighted by Gasteiger charge is -2.14. The number of hydrogen-bond acceptors (Lipinski definition) is 4. The first-order valence-electron chi connectivity index (χ1n) is 9.59. The molecule has 0 spiro atoms. The molecule has 6 nitrogen and oxygen atoms in total. The van der Waals surface area contributed by atoms with Crippen LogP contribution in [0.5, 0.6) is 0 Å². The fraction of sp³-hybridized carbons (Fsp3) is 0.944. The Labute approximate surface area is 146 Å². The SMILES string of the molecule is CCCCCCCCCC(CCCCCCCC(=O)O)O[N+](=O)[O-]. The summed E-state index contributed by atoms with van der Waals surface area (Å²) in [6.45, 7) is 2.20. The van der Waals surface area contributed by atoms with Crippen molar-refractivity contribution >= 4 is 5.97 Å². The van der Waals surface area contributed by atoms with Crippen LogP contribution in [0.25, 0.3) is 0 Å². The van der Waals surface area contributed by atoms with Gasteiger partial charge in [-0.25, -0.2) is 0 Å². The van der Waals surface area contributed by atoms with Crippen molar-refractivity contribution in [2.75, 3.05) is 0 Å². The van der Waals surface area contributed by atoms with Crippen LogP contribution in [0.2, 0.25) is 0 Å². The number of carboxylic acid groups (broad SMARTS) is 1. The largest absolute Gasteiger partial charge is 0.481 e. The van der Waals surface area contributed by atoms with E-state index >= 15 is 0 Å². The smallest absolute Gasteiger partial charge is 0.303 e. The van der Waals surface area contributed by atoms with Gasteiger partial charge in [0.15, 0.2) is 0 Å². The molecule has 0 aliphatic rings. The van der Waals surface area contributed by atoms with Crippen LogP contribution in [0.15, 0.2) is 0 Å². The van der Waals surface area contributed by atoms with Crippen LogP contribution < -0.4 is 0 Å². The molecule has 0 aromatic heterocycles. The second-order valence-corrected chi connectivity index (χ2v) is 6.56. The fourth-order valence-electron chi connectivity index (χ4n) is 2.88. The third-order valence-electron chi connectivity index (χ3n) is 4.28. The third-order valence-corrected chi connectivity index (χ3v) is 4.28. The van der Waals surface area contributed by atoms with Crippen LogP contribution in [0, 0.1) is 10.1 Å². The molecule has 1 N–H and O–H groups in total. The van der Waals surface area contributed by atoms with Crippen molar-refractivity contribution in [3.05, 3.63) is 10.1 Å². The maximum absolute atomic E-state index is 10.6. The van der Waals surface area contributed by atoms with E-state index in [9.17, 15) is 14.9 Å². The van der Waals surface area contributed by atoms with Gasteiger partial charge in [-0.2, -0.15) is 0 Å². The summed E-state index contributed by atoms with van der Waals surface area (Å²) in [5, 5.41) is 18.5. The summed E-state index contributed by atoms with van der Waals surface area (Å²) in [6, 6.07) is 0. The van der Waals surface area contributed by atoms with E-state index in [-0.39, 0.29) is 12.5 Å². The zero-order chi connectivity index (χ0) is 18.0. The van der Waals surface area contributed by atoms with Gasteiger partial charge in [0.2, 0.25) is 0 Å². The average molecular weight is 345 g/mol. The van der Waals surface area contributed by atoms with E-state index in [0.717, 1.165) is 51.4 Å². The predicted molar refractivity (Wildman–Crippen MR) is 94.4 cm³/mol. The number of nitrogens with zero attached hydrogens (tertiary/aromatic N) is 1. The summed E-state index contributed by atoms with van der Waals surface area (Å²) in [6.07, 6.45) is 14.3. The quantitative estimate of drug-likeness (QED) is 0.201. The zero-order valence-corrected chi connectivity index (χ0v) is 15.2. The Kier molecular flexibility index (Phi) is 15.6. The molecule has 142 valence electrons. The highest BCUT2D eigenvalue weighted by Crippen LogP contribution is 2.17. The summed E-state index contributed by atoms with van der Waals surface area (Å²) in [5.74, 6) is -0.746. The molecule has 0 saturated carbocycles. The topological polar surface area (TPSA) is 89.7 Å². The number of hydrogen-bond donors (Lipinski definition) is 1. The molecule has 0 bridgehead atoms. The highest BCUT2D eigenvalue weighted by Gasteiger charge is 2.12. The van der Waals surface area contributed by atoms with Crippen molar-refractivity contribution in [2.45, 2.75) is 109 Å². The van der Waals surface area contributed by atoms with Crippen LogP contribution in [0.4, 0.5) is 0 Å². The van der Waals surface area contributed by atoms with Gasteiger partial charge >= 0.3 is 5.97 Å². The first-order chi connectivity index (χ1) is 11.6. The molecule has 0 aromatic carbocycles. The van der Waals surface area contributed by atoms with Crippen LogP contribution in [-0.2, 0) is 9.63 Å². The van der Waals surface area contributed by atoms with Gasteiger partial charge in [0.25, 0.3) is 5.09 Å². The van der Waals surface area contributed by atoms with Crippen molar-refractivity contribution in [1.29, 1.82) is 0 Å². The van der Waals surface area contributed by atoms with E-state index < -0.39 is 11.1 Å². The maximum atomic E-state index is 10.6. The standard InChI is InChI=1S/C18H35NO5/c1-2-3-4-5-6-8-11-14-17(24-19(22)23)15-12-9-7-10-13-16-18(20)21/h17H,2-16H2,1H3,(H,20,21). The van der Waals surface area contributed by atoms with Gasteiger partial charge in [-0.1, -0.05) is 77.6 Å². The predicted octanol–water partition coefficient (Wildman–Crippen LogP) is 5.52. The van der Waals surface area contributed by atoms with E-state index in [1.165, 1.54) is 32.1 Å². The minimum absolute atomic E-state index is 0.227. The second-order valence-electron chi connectivity index (χ2n) is 6.56. The Balaban J connectivity index is 3.66. The Morgan fingerprint density at radius 2 is 1.38 bits per heavy atom. The molecule has 0 aromatic rings. The summed E-state index contributed by atoms with van der Waals surface area (Å²) < 4.78 is 0. The minimum atomic E-state index is -0.746. The van der Waals surface area contributed by atoms with Gasteiger partial charge in [-0.3, -0.25) is 4.79 Å². The van der Waals surface area contributed by atoms with Gasteiger partial charge in [-0.15, -0.1) is 10.1 Å². The van der Waals surface area contributed by atoms with E-state index in [1.807, 2.05) is 0 Å². The number of aliphatic carboxylic acids is 1. The fourth-order valence-corrected chi connectivity index (χ4v) is 2.88. The highest BCUT2D eigenvalue weighted by molar-refractivity contribution is 5.66. The molecule has 0 amide bonds. The van der Waals surface area contributed by atoms with Crippen LogP contribution >= 0.6 is 0 Å². The minimum Gasteiger partial charge on any atom is -0.481 e. The molecule has 6 heteroatoms. The van der Waals surface area contributed by atoms with Crippen molar-refractivity contribution < 1.29 is 19.8 Å². The number of carboxylic acids is 1. The normalized spacial score (nSPS) is 12.0. The summed E-state index contributed by atoms with van der Waals surface area (Å²) >= 11 is 0. The molecule has 1 unspecified atom stereocenters. The van der Waals surface area contributed by atoms with Crippen molar-refractivity contribution in [2.24, 2.45) is 0 Å². The monoisotopic (exact) mass is 345 g/mol. The van der Waals surface area contributed by atoms with E-state index in [1.54, 1.807) is 0 Å². The molecule has 0 saturated heterocycles. The van der Waals surface area contributed by atoms with Crippen molar-refractivity contribution in [1.82, 2.24) is 0 Å². The number of carbonyl (C=O) groups is 1. The van der Waals surface area contributed by atoms with E-state index in [4.69, 9.17) is 9.94 Å². The maximum Gasteiger partial charge on any atom is 0.303 e. The molecule has 0 rings (SSSR count).